The first kappa shape index (κ1) is 18.1. The van der Waals surface area contributed by atoms with E-state index < -0.39 is 0 Å². The summed E-state index contributed by atoms with van der Waals surface area (Å²) in [6, 6.07) is 18.3. The van der Waals surface area contributed by atoms with Crippen molar-refractivity contribution in [2.75, 3.05) is 10.6 Å². The molecule has 5 heteroatoms. The van der Waals surface area contributed by atoms with E-state index in [2.05, 4.69) is 10.6 Å². The predicted octanol–water partition coefficient (Wildman–Crippen LogP) is -0.191. The van der Waals surface area contributed by atoms with E-state index >= 15 is 0 Å². The maximum atomic E-state index is 12.4. The maximum absolute atomic E-state index is 12.4. The summed E-state index contributed by atoms with van der Waals surface area (Å²) in [6.45, 7) is 0. The Morgan fingerprint density at radius 3 is 1.96 bits per heavy atom. The fourth-order valence-corrected chi connectivity index (χ4v) is 2.26. The van der Waals surface area contributed by atoms with E-state index in [-0.39, 0.29) is 41.3 Å². The monoisotopic (exact) mass is 326 g/mol. The molecule has 0 saturated heterocycles. The number of carbonyl (C=O) groups excluding carboxylic acids is 1. The molecule has 24 heavy (non-hydrogen) atoms. The molecule has 1 aliphatic carbocycles. The molecular formula is C19H15N2NaO2. The molecule has 2 N–H and O–H groups in total. The second-order valence-corrected chi connectivity index (χ2v) is 4.99. The van der Waals surface area contributed by atoms with Crippen molar-refractivity contribution >= 4 is 17.3 Å². The van der Waals surface area contributed by atoms with Gasteiger partial charge in [0.2, 0.25) is 0 Å². The third-order valence-electron chi connectivity index (χ3n) is 3.37. The fraction of sp³-hybridized carbons (Fsp3) is 0. The van der Waals surface area contributed by atoms with Gasteiger partial charge in [0.15, 0.2) is 0 Å². The molecule has 0 fully saturated rings. The Balaban J connectivity index is 0.00000208. The van der Waals surface area contributed by atoms with Crippen LogP contribution in [-0.2, 0) is 4.79 Å². The number of benzene rings is 2. The second kappa shape index (κ2) is 8.55. The minimum atomic E-state index is -0.306. The fourth-order valence-electron chi connectivity index (χ4n) is 2.26. The van der Waals surface area contributed by atoms with E-state index in [1.54, 1.807) is 42.5 Å². The maximum Gasteiger partial charge on any atom is 1.00 e. The smallest absolute Gasteiger partial charge is 0.860 e. The van der Waals surface area contributed by atoms with Crippen LogP contribution in [0.15, 0.2) is 95.9 Å². The van der Waals surface area contributed by atoms with Gasteiger partial charge >= 0.3 is 29.6 Å². The number of hydrogen-bond donors (Lipinski definition) is 2. The Bertz CT molecular complexity index is 797. The molecule has 0 saturated carbocycles. The van der Waals surface area contributed by atoms with Crippen LogP contribution in [0.5, 0.6) is 0 Å². The van der Waals surface area contributed by atoms with Crippen LogP contribution in [-0.4, -0.2) is 5.91 Å². The van der Waals surface area contributed by atoms with E-state index in [0.29, 0.717) is 22.5 Å². The number of nitrogens with one attached hydrogen (secondary N) is 2. The quantitative estimate of drug-likeness (QED) is 0.605. The molecule has 1 amide bonds. The van der Waals surface area contributed by atoms with E-state index in [1.807, 2.05) is 36.4 Å². The van der Waals surface area contributed by atoms with Crippen molar-refractivity contribution in [3.63, 3.8) is 0 Å². The average Bonchev–Trinajstić information content (AvgIpc) is 3.06. The third kappa shape index (κ3) is 4.38. The zero-order chi connectivity index (χ0) is 16.1. The van der Waals surface area contributed by atoms with E-state index in [1.165, 1.54) is 0 Å². The molecule has 0 atom stereocenters. The SMILES string of the molecule is O=C(Nc1ccccc1)C1=CC=CC1=C([O-])Nc1ccccc1.[Na+]. The Morgan fingerprint density at radius 2 is 1.38 bits per heavy atom. The Morgan fingerprint density at radius 1 is 0.833 bits per heavy atom. The van der Waals surface area contributed by atoms with Crippen molar-refractivity contribution in [1.82, 2.24) is 0 Å². The molecule has 0 heterocycles. The topological polar surface area (TPSA) is 64.2 Å². The minimum absolute atomic E-state index is 0. The van der Waals surface area contributed by atoms with Gasteiger partial charge in [-0.1, -0.05) is 48.6 Å². The van der Waals surface area contributed by atoms with Crippen molar-refractivity contribution < 1.29 is 39.5 Å². The van der Waals surface area contributed by atoms with Crippen molar-refractivity contribution in [3.8, 4) is 0 Å². The Labute approximate surface area is 162 Å². The second-order valence-electron chi connectivity index (χ2n) is 4.99. The van der Waals surface area contributed by atoms with Gasteiger partial charge < -0.3 is 15.7 Å². The minimum Gasteiger partial charge on any atom is -0.860 e. The molecule has 0 aliphatic heterocycles. The van der Waals surface area contributed by atoms with Gasteiger partial charge in [-0.05, 0) is 41.8 Å². The molecule has 2 aromatic carbocycles. The van der Waals surface area contributed by atoms with Gasteiger partial charge in [-0.25, -0.2) is 0 Å². The van der Waals surface area contributed by atoms with E-state index in [9.17, 15) is 9.90 Å². The summed E-state index contributed by atoms with van der Waals surface area (Å²) in [5.41, 5.74) is 2.07. The van der Waals surface area contributed by atoms with Crippen LogP contribution in [0.2, 0.25) is 0 Å². The largest absolute Gasteiger partial charge is 1.00 e. The van der Waals surface area contributed by atoms with E-state index in [4.69, 9.17) is 0 Å². The van der Waals surface area contributed by atoms with Crippen molar-refractivity contribution in [3.05, 3.63) is 95.9 Å². The molecule has 114 valence electrons. The number of amides is 1. The summed E-state index contributed by atoms with van der Waals surface area (Å²) in [5.74, 6) is -0.612. The van der Waals surface area contributed by atoms with Gasteiger partial charge in [0, 0.05) is 16.9 Å². The van der Waals surface area contributed by atoms with Crippen LogP contribution in [0, 0.1) is 0 Å². The summed E-state index contributed by atoms with van der Waals surface area (Å²) in [7, 11) is 0. The van der Waals surface area contributed by atoms with Crippen LogP contribution in [0.1, 0.15) is 0 Å². The first-order valence-corrected chi connectivity index (χ1v) is 7.22. The van der Waals surface area contributed by atoms with Gasteiger partial charge in [0.05, 0.1) is 0 Å². The number of rotatable bonds is 4. The van der Waals surface area contributed by atoms with Gasteiger partial charge in [0.25, 0.3) is 5.91 Å². The zero-order valence-corrected chi connectivity index (χ0v) is 15.3. The zero-order valence-electron chi connectivity index (χ0n) is 13.3. The summed E-state index contributed by atoms with van der Waals surface area (Å²) in [5, 5.41) is 17.9. The Hall–Kier alpha value is -2.27. The number of hydrogen-bond acceptors (Lipinski definition) is 3. The third-order valence-corrected chi connectivity index (χ3v) is 3.37. The number of para-hydroxylation sites is 2. The van der Waals surface area contributed by atoms with Crippen molar-refractivity contribution in [2.45, 2.75) is 0 Å². The van der Waals surface area contributed by atoms with Crippen LogP contribution < -0.4 is 45.3 Å². The first-order chi connectivity index (χ1) is 11.2. The van der Waals surface area contributed by atoms with E-state index in [0.717, 1.165) is 0 Å². The number of allylic oxidation sites excluding steroid dienone is 3. The molecule has 1 aliphatic rings. The van der Waals surface area contributed by atoms with Gasteiger partial charge in [-0.3, -0.25) is 4.79 Å². The Kier molecular flexibility index (Phi) is 6.44. The molecule has 0 radical (unpaired) electrons. The summed E-state index contributed by atoms with van der Waals surface area (Å²) in [6.07, 6.45) is 4.97. The standard InChI is InChI=1S/C19H16N2O2.Na/c22-18(20-14-8-3-1-4-9-14)16-12-7-13-17(16)19(23)21-15-10-5-2-6-11-15;/h1-13,20,22H,(H,21,23);/q;+1/p-1. The summed E-state index contributed by atoms with van der Waals surface area (Å²) in [4.78, 5) is 12.4. The van der Waals surface area contributed by atoms with Crippen molar-refractivity contribution in [2.24, 2.45) is 0 Å². The van der Waals surface area contributed by atoms with Crippen LogP contribution in [0.3, 0.4) is 0 Å². The van der Waals surface area contributed by atoms with Gasteiger partial charge in [-0.2, -0.15) is 0 Å². The molecule has 0 unspecified atom stereocenters. The van der Waals surface area contributed by atoms with Gasteiger partial charge in [-0.15, -0.1) is 0 Å². The molecule has 4 nitrogen and oxygen atoms in total. The predicted molar refractivity (Wildman–Crippen MR) is 89.4 cm³/mol. The van der Waals surface area contributed by atoms with Crippen LogP contribution in [0.25, 0.3) is 0 Å². The molecule has 0 bridgehead atoms. The van der Waals surface area contributed by atoms with Crippen LogP contribution in [0.4, 0.5) is 11.4 Å². The molecular weight excluding hydrogens is 311 g/mol. The normalized spacial score (nSPS) is 14.4. The number of anilines is 2. The first-order valence-electron chi connectivity index (χ1n) is 7.22. The van der Waals surface area contributed by atoms with Crippen LogP contribution >= 0.6 is 0 Å². The molecule has 0 spiro atoms. The summed E-state index contributed by atoms with van der Waals surface area (Å²) >= 11 is 0. The van der Waals surface area contributed by atoms with Gasteiger partial charge in [0.1, 0.15) is 0 Å². The summed E-state index contributed by atoms with van der Waals surface area (Å²) < 4.78 is 0. The molecule has 2 aromatic rings. The molecule has 3 rings (SSSR count). The molecule has 0 aromatic heterocycles. The van der Waals surface area contributed by atoms with Crippen molar-refractivity contribution in [1.29, 1.82) is 0 Å². The average molecular weight is 326 g/mol. The number of carbonyl (C=O) groups is 1.